The van der Waals surface area contributed by atoms with Gasteiger partial charge in [0.1, 0.15) is 0 Å². The van der Waals surface area contributed by atoms with E-state index in [9.17, 15) is 9.59 Å². The third-order valence-electron chi connectivity index (χ3n) is 5.30. The molecule has 0 aromatic carbocycles. The molecular weight excluding hydrogens is 276 g/mol. The van der Waals surface area contributed by atoms with E-state index in [1.54, 1.807) is 0 Å². The summed E-state index contributed by atoms with van der Waals surface area (Å²) in [5.74, 6) is 0.982. The zero-order valence-electron chi connectivity index (χ0n) is 14.8. The van der Waals surface area contributed by atoms with Crippen LogP contribution < -0.4 is 0 Å². The maximum absolute atomic E-state index is 12.8. The molecule has 2 fully saturated rings. The Morgan fingerprint density at radius 2 is 1.64 bits per heavy atom. The molecule has 4 heteroatoms. The zero-order chi connectivity index (χ0) is 16.4. The van der Waals surface area contributed by atoms with Gasteiger partial charge in [-0.25, -0.2) is 0 Å². The fraction of sp³-hybridized carbons (Fsp3) is 0.889. The highest BCUT2D eigenvalue weighted by Crippen LogP contribution is 2.32. The standard InChI is InChI=1S/C18H32N2O2/c1-12(2)20(13(3)4)18(22)15-10-17(21)19(11-15)16-8-6-14(5)7-9-16/h12-16H,6-11H2,1-5H3/t14?,15-,16?/m1/s1. The van der Waals surface area contributed by atoms with Crippen LogP contribution >= 0.6 is 0 Å². The summed E-state index contributed by atoms with van der Waals surface area (Å²) < 4.78 is 0. The lowest BCUT2D eigenvalue weighted by atomic mass is 9.86. The lowest BCUT2D eigenvalue weighted by molar-refractivity contribution is -0.139. The molecule has 0 unspecified atom stereocenters. The van der Waals surface area contributed by atoms with Crippen LogP contribution in [0.4, 0.5) is 0 Å². The molecule has 0 radical (unpaired) electrons. The monoisotopic (exact) mass is 308 g/mol. The zero-order valence-corrected chi connectivity index (χ0v) is 14.8. The van der Waals surface area contributed by atoms with E-state index in [4.69, 9.17) is 0 Å². The molecule has 2 amide bonds. The van der Waals surface area contributed by atoms with Crippen molar-refractivity contribution in [3.63, 3.8) is 0 Å². The van der Waals surface area contributed by atoms with Gasteiger partial charge in [0.05, 0.1) is 5.92 Å². The van der Waals surface area contributed by atoms with Crippen molar-refractivity contribution in [1.82, 2.24) is 9.80 Å². The predicted octanol–water partition coefficient (Wildman–Crippen LogP) is 3.06. The molecule has 2 aliphatic rings. The Bertz CT molecular complexity index is 403. The summed E-state index contributed by atoms with van der Waals surface area (Å²) in [7, 11) is 0. The summed E-state index contributed by atoms with van der Waals surface area (Å²) in [6.07, 6.45) is 5.02. The van der Waals surface area contributed by atoms with Gasteiger partial charge in [-0.15, -0.1) is 0 Å². The van der Waals surface area contributed by atoms with Crippen LogP contribution in [0.15, 0.2) is 0 Å². The molecule has 0 aromatic rings. The van der Waals surface area contributed by atoms with Gasteiger partial charge in [0, 0.05) is 31.1 Å². The summed E-state index contributed by atoms with van der Waals surface area (Å²) in [4.78, 5) is 29.1. The lowest BCUT2D eigenvalue weighted by Crippen LogP contribution is -2.46. The van der Waals surface area contributed by atoms with E-state index in [0.717, 1.165) is 18.8 Å². The molecule has 1 saturated carbocycles. The van der Waals surface area contributed by atoms with Crippen molar-refractivity contribution in [3.05, 3.63) is 0 Å². The second-order valence-electron chi connectivity index (χ2n) is 7.79. The van der Waals surface area contributed by atoms with Crippen LogP contribution in [0.25, 0.3) is 0 Å². The third-order valence-corrected chi connectivity index (χ3v) is 5.30. The van der Waals surface area contributed by atoms with Crippen LogP contribution in [0.5, 0.6) is 0 Å². The maximum atomic E-state index is 12.8. The van der Waals surface area contributed by atoms with E-state index in [-0.39, 0.29) is 29.8 Å². The summed E-state index contributed by atoms with van der Waals surface area (Å²) in [5.41, 5.74) is 0. The van der Waals surface area contributed by atoms with Gasteiger partial charge in [0.15, 0.2) is 0 Å². The molecular formula is C18H32N2O2. The summed E-state index contributed by atoms with van der Waals surface area (Å²) >= 11 is 0. The van der Waals surface area contributed by atoms with Crippen molar-refractivity contribution >= 4 is 11.8 Å². The number of nitrogens with zero attached hydrogens (tertiary/aromatic N) is 2. The van der Waals surface area contributed by atoms with Gasteiger partial charge in [0.2, 0.25) is 11.8 Å². The molecule has 126 valence electrons. The Morgan fingerprint density at radius 1 is 1.09 bits per heavy atom. The average molecular weight is 308 g/mol. The minimum atomic E-state index is -0.142. The van der Waals surface area contributed by atoms with E-state index in [1.807, 2.05) is 9.80 Å². The Hall–Kier alpha value is -1.06. The molecule has 4 nitrogen and oxygen atoms in total. The Labute approximate surface area is 135 Å². The van der Waals surface area contributed by atoms with Gasteiger partial charge in [-0.1, -0.05) is 6.92 Å². The van der Waals surface area contributed by atoms with Gasteiger partial charge >= 0.3 is 0 Å². The largest absolute Gasteiger partial charge is 0.339 e. The van der Waals surface area contributed by atoms with Crippen LogP contribution in [0, 0.1) is 11.8 Å². The van der Waals surface area contributed by atoms with Crippen molar-refractivity contribution in [3.8, 4) is 0 Å². The number of amides is 2. The molecule has 0 bridgehead atoms. The van der Waals surface area contributed by atoms with Gasteiger partial charge < -0.3 is 9.80 Å². The predicted molar refractivity (Wildman–Crippen MR) is 88.4 cm³/mol. The second-order valence-corrected chi connectivity index (χ2v) is 7.79. The Morgan fingerprint density at radius 3 is 2.14 bits per heavy atom. The van der Waals surface area contributed by atoms with Crippen molar-refractivity contribution in [2.24, 2.45) is 11.8 Å². The minimum absolute atomic E-state index is 0.142. The topological polar surface area (TPSA) is 40.6 Å². The molecule has 0 spiro atoms. The quantitative estimate of drug-likeness (QED) is 0.801. The summed E-state index contributed by atoms with van der Waals surface area (Å²) in [6, 6.07) is 0.743. The van der Waals surface area contributed by atoms with Gasteiger partial charge in [-0.3, -0.25) is 9.59 Å². The SMILES string of the molecule is CC1CCC(N2C[C@H](C(=O)N(C(C)C)C(C)C)CC2=O)CC1. The molecule has 1 aliphatic heterocycles. The van der Waals surface area contributed by atoms with Crippen molar-refractivity contribution in [1.29, 1.82) is 0 Å². The van der Waals surface area contributed by atoms with Crippen molar-refractivity contribution in [2.75, 3.05) is 6.54 Å². The molecule has 1 saturated heterocycles. The molecule has 0 aromatic heterocycles. The Kier molecular flexibility index (Phi) is 5.51. The van der Waals surface area contributed by atoms with Crippen LogP contribution in [0.3, 0.4) is 0 Å². The van der Waals surface area contributed by atoms with E-state index in [1.165, 1.54) is 12.8 Å². The van der Waals surface area contributed by atoms with Crippen molar-refractivity contribution in [2.45, 2.75) is 84.8 Å². The third kappa shape index (κ3) is 3.64. The number of carbonyl (C=O) groups is 2. The normalized spacial score (nSPS) is 29.5. The number of carbonyl (C=O) groups excluding carboxylic acids is 2. The number of hydrogen-bond acceptors (Lipinski definition) is 2. The highest BCUT2D eigenvalue weighted by molar-refractivity contribution is 5.89. The highest BCUT2D eigenvalue weighted by Gasteiger charge is 2.40. The van der Waals surface area contributed by atoms with Crippen LogP contribution in [0.1, 0.15) is 66.7 Å². The van der Waals surface area contributed by atoms with E-state index in [0.29, 0.717) is 19.0 Å². The maximum Gasteiger partial charge on any atom is 0.228 e. The fourth-order valence-corrected chi connectivity index (χ4v) is 4.12. The summed E-state index contributed by atoms with van der Waals surface area (Å²) in [6.45, 7) is 11.1. The first-order valence-electron chi connectivity index (χ1n) is 8.92. The molecule has 0 N–H and O–H groups in total. The number of likely N-dealkylation sites (tertiary alicyclic amines) is 1. The van der Waals surface area contributed by atoms with Crippen LogP contribution in [0.2, 0.25) is 0 Å². The van der Waals surface area contributed by atoms with Gasteiger partial charge in [0.25, 0.3) is 0 Å². The fourth-order valence-electron chi connectivity index (χ4n) is 4.12. The Balaban J connectivity index is 2.00. The van der Waals surface area contributed by atoms with E-state index in [2.05, 4.69) is 34.6 Å². The molecule has 22 heavy (non-hydrogen) atoms. The number of rotatable bonds is 4. The minimum Gasteiger partial charge on any atom is -0.339 e. The first kappa shape index (κ1) is 17.3. The lowest BCUT2D eigenvalue weighted by Gasteiger charge is -2.35. The number of hydrogen-bond donors (Lipinski definition) is 0. The molecule has 2 rings (SSSR count). The van der Waals surface area contributed by atoms with Crippen LogP contribution in [-0.2, 0) is 9.59 Å². The smallest absolute Gasteiger partial charge is 0.228 e. The molecule has 1 atom stereocenters. The first-order chi connectivity index (χ1) is 10.3. The van der Waals surface area contributed by atoms with Gasteiger partial charge in [-0.2, -0.15) is 0 Å². The van der Waals surface area contributed by atoms with Crippen LogP contribution in [-0.4, -0.2) is 46.3 Å². The van der Waals surface area contributed by atoms with E-state index >= 15 is 0 Å². The molecule has 1 aliphatic carbocycles. The average Bonchev–Trinajstić information content (AvgIpc) is 2.81. The second kappa shape index (κ2) is 7.01. The van der Waals surface area contributed by atoms with E-state index < -0.39 is 0 Å². The molecule has 1 heterocycles. The highest BCUT2D eigenvalue weighted by atomic mass is 16.2. The summed E-state index contributed by atoms with van der Waals surface area (Å²) in [5, 5.41) is 0. The van der Waals surface area contributed by atoms with Crippen molar-refractivity contribution < 1.29 is 9.59 Å². The van der Waals surface area contributed by atoms with Gasteiger partial charge in [-0.05, 0) is 59.3 Å². The first-order valence-corrected chi connectivity index (χ1v) is 8.92.